The van der Waals surface area contributed by atoms with Crippen molar-refractivity contribution in [1.82, 2.24) is 5.32 Å². The Bertz CT molecular complexity index is 276. The molecule has 1 fully saturated rings. The Labute approximate surface area is 80.2 Å². The topological polar surface area (TPSA) is 12.0 Å². The van der Waals surface area contributed by atoms with Crippen LogP contribution in [0.2, 0.25) is 0 Å². The molecule has 0 atom stereocenters. The third kappa shape index (κ3) is 1.92. The highest BCUT2D eigenvalue weighted by Crippen LogP contribution is 2.16. The average molecular weight is 175 g/mol. The van der Waals surface area contributed by atoms with Crippen LogP contribution in [0.5, 0.6) is 0 Å². The number of hydrogen-bond donors (Lipinski definition) is 1. The largest absolute Gasteiger partial charge is 0.316 e. The third-order valence-corrected chi connectivity index (χ3v) is 2.87. The van der Waals surface area contributed by atoms with E-state index in [1.165, 1.54) is 25.1 Å². The molecule has 1 N–H and O–H groups in total. The van der Waals surface area contributed by atoms with Gasteiger partial charge in [0.25, 0.3) is 0 Å². The first-order chi connectivity index (χ1) is 6.40. The summed E-state index contributed by atoms with van der Waals surface area (Å²) >= 11 is 0. The third-order valence-electron chi connectivity index (χ3n) is 2.87. The van der Waals surface area contributed by atoms with E-state index in [1.54, 1.807) is 5.56 Å². The van der Waals surface area contributed by atoms with Gasteiger partial charge in [0, 0.05) is 0 Å². The van der Waals surface area contributed by atoms with Crippen LogP contribution in [0.4, 0.5) is 0 Å². The van der Waals surface area contributed by atoms with Crippen molar-refractivity contribution in [3.63, 3.8) is 0 Å². The molecule has 0 amide bonds. The molecule has 1 heterocycles. The Hall–Kier alpha value is -0.820. The van der Waals surface area contributed by atoms with Crippen LogP contribution in [0.1, 0.15) is 18.1 Å². The molecule has 0 bridgehead atoms. The van der Waals surface area contributed by atoms with E-state index in [9.17, 15) is 0 Å². The molecule has 1 aliphatic heterocycles. The number of rotatable bonds is 3. The molecule has 1 aromatic carbocycles. The molecular formula is C12H17N. The molecule has 1 saturated heterocycles. The van der Waals surface area contributed by atoms with Crippen LogP contribution < -0.4 is 5.32 Å². The maximum atomic E-state index is 3.32. The van der Waals surface area contributed by atoms with Gasteiger partial charge < -0.3 is 5.32 Å². The summed E-state index contributed by atoms with van der Waals surface area (Å²) in [5.41, 5.74) is 3.07. The van der Waals surface area contributed by atoms with Crippen LogP contribution >= 0.6 is 0 Å². The Morgan fingerprint density at radius 1 is 1.23 bits per heavy atom. The summed E-state index contributed by atoms with van der Waals surface area (Å²) in [5, 5.41) is 3.32. The second-order valence-corrected chi connectivity index (χ2v) is 3.85. The van der Waals surface area contributed by atoms with Crippen LogP contribution in [0.3, 0.4) is 0 Å². The molecule has 0 aliphatic carbocycles. The lowest BCUT2D eigenvalue weighted by Crippen LogP contribution is -2.43. The monoisotopic (exact) mass is 175 g/mol. The molecule has 0 aromatic heterocycles. The zero-order valence-corrected chi connectivity index (χ0v) is 8.22. The Morgan fingerprint density at radius 2 is 1.92 bits per heavy atom. The van der Waals surface area contributed by atoms with Gasteiger partial charge in [0.2, 0.25) is 0 Å². The van der Waals surface area contributed by atoms with E-state index < -0.39 is 0 Å². The summed E-state index contributed by atoms with van der Waals surface area (Å²) < 4.78 is 0. The van der Waals surface area contributed by atoms with E-state index in [2.05, 4.69) is 36.5 Å². The van der Waals surface area contributed by atoms with Gasteiger partial charge in [0.05, 0.1) is 0 Å². The van der Waals surface area contributed by atoms with Gasteiger partial charge in [0.1, 0.15) is 0 Å². The van der Waals surface area contributed by atoms with Crippen molar-refractivity contribution in [2.75, 3.05) is 13.1 Å². The molecule has 1 aliphatic rings. The van der Waals surface area contributed by atoms with Crippen molar-refractivity contribution in [3.8, 4) is 0 Å². The molecule has 1 nitrogen and oxygen atoms in total. The lowest BCUT2D eigenvalue weighted by Gasteiger charge is -2.27. The average Bonchev–Trinajstić information content (AvgIpc) is 2.12. The zero-order chi connectivity index (χ0) is 9.10. The molecule has 2 rings (SSSR count). The summed E-state index contributed by atoms with van der Waals surface area (Å²) in [7, 11) is 0. The zero-order valence-electron chi connectivity index (χ0n) is 8.22. The number of benzene rings is 1. The first kappa shape index (κ1) is 8.76. The molecule has 0 radical (unpaired) electrons. The Balaban J connectivity index is 2.08. The lowest BCUT2D eigenvalue weighted by atomic mass is 9.91. The van der Waals surface area contributed by atoms with Crippen molar-refractivity contribution < 1.29 is 0 Å². The minimum atomic E-state index is 0.882. The molecule has 13 heavy (non-hydrogen) atoms. The van der Waals surface area contributed by atoms with Crippen LogP contribution in [0, 0.1) is 5.92 Å². The molecule has 0 unspecified atom stereocenters. The van der Waals surface area contributed by atoms with Crippen molar-refractivity contribution in [2.24, 2.45) is 5.92 Å². The van der Waals surface area contributed by atoms with E-state index >= 15 is 0 Å². The number of hydrogen-bond acceptors (Lipinski definition) is 1. The van der Waals surface area contributed by atoms with Crippen LogP contribution in [-0.2, 0) is 12.8 Å². The van der Waals surface area contributed by atoms with Gasteiger partial charge >= 0.3 is 0 Å². The van der Waals surface area contributed by atoms with Crippen molar-refractivity contribution in [3.05, 3.63) is 35.4 Å². The standard InChI is InChI=1S/C12H17N/c1-2-11-5-3-4-6-12(11)7-10-8-13-9-10/h3-6,10,13H,2,7-9H2,1H3. The van der Waals surface area contributed by atoms with Crippen molar-refractivity contribution >= 4 is 0 Å². The smallest absolute Gasteiger partial charge is 0.000506 e. The maximum absolute atomic E-state index is 3.32. The highest BCUT2D eigenvalue weighted by molar-refractivity contribution is 5.27. The first-order valence-electron chi connectivity index (χ1n) is 5.17. The molecule has 1 heteroatoms. The fourth-order valence-corrected chi connectivity index (χ4v) is 1.91. The molecule has 1 aromatic rings. The van der Waals surface area contributed by atoms with Crippen LogP contribution in [-0.4, -0.2) is 13.1 Å². The van der Waals surface area contributed by atoms with E-state index in [1.807, 2.05) is 0 Å². The summed E-state index contributed by atoms with van der Waals surface area (Å²) in [6, 6.07) is 8.82. The SMILES string of the molecule is CCc1ccccc1CC1CNC1. The predicted octanol–water partition coefficient (Wildman–Crippen LogP) is 2.01. The van der Waals surface area contributed by atoms with Gasteiger partial charge in [-0.25, -0.2) is 0 Å². The predicted molar refractivity (Wildman–Crippen MR) is 55.9 cm³/mol. The van der Waals surface area contributed by atoms with Crippen molar-refractivity contribution in [1.29, 1.82) is 0 Å². The molecule has 70 valence electrons. The fraction of sp³-hybridized carbons (Fsp3) is 0.500. The van der Waals surface area contributed by atoms with Gasteiger partial charge in [-0.3, -0.25) is 0 Å². The Kier molecular flexibility index (Phi) is 2.65. The minimum Gasteiger partial charge on any atom is -0.316 e. The summed E-state index contributed by atoms with van der Waals surface area (Å²) in [6.07, 6.45) is 2.42. The second-order valence-electron chi connectivity index (χ2n) is 3.85. The molecule has 0 saturated carbocycles. The van der Waals surface area contributed by atoms with E-state index in [4.69, 9.17) is 0 Å². The quantitative estimate of drug-likeness (QED) is 0.741. The van der Waals surface area contributed by atoms with E-state index in [0.29, 0.717) is 0 Å². The maximum Gasteiger partial charge on any atom is -0.000506 e. The van der Waals surface area contributed by atoms with Crippen molar-refractivity contribution in [2.45, 2.75) is 19.8 Å². The van der Waals surface area contributed by atoms with E-state index in [-0.39, 0.29) is 0 Å². The summed E-state index contributed by atoms with van der Waals surface area (Å²) in [5.74, 6) is 0.882. The normalized spacial score (nSPS) is 17.0. The van der Waals surface area contributed by atoms with Crippen LogP contribution in [0.25, 0.3) is 0 Å². The molecule has 0 spiro atoms. The Morgan fingerprint density at radius 3 is 2.46 bits per heavy atom. The van der Waals surface area contributed by atoms with Gasteiger partial charge in [-0.05, 0) is 43.0 Å². The first-order valence-corrected chi connectivity index (χ1v) is 5.17. The molecular weight excluding hydrogens is 158 g/mol. The highest BCUT2D eigenvalue weighted by atomic mass is 14.9. The van der Waals surface area contributed by atoms with Gasteiger partial charge in [0.15, 0.2) is 0 Å². The van der Waals surface area contributed by atoms with E-state index in [0.717, 1.165) is 12.3 Å². The number of aryl methyl sites for hydroxylation is 1. The summed E-state index contributed by atoms with van der Waals surface area (Å²) in [4.78, 5) is 0. The minimum absolute atomic E-state index is 0.882. The van der Waals surface area contributed by atoms with Gasteiger partial charge in [-0.15, -0.1) is 0 Å². The highest BCUT2D eigenvalue weighted by Gasteiger charge is 2.17. The summed E-state index contributed by atoms with van der Waals surface area (Å²) in [6.45, 7) is 4.65. The second kappa shape index (κ2) is 3.93. The van der Waals surface area contributed by atoms with Gasteiger partial charge in [-0.2, -0.15) is 0 Å². The lowest BCUT2D eigenvalue weighted by molar-refractivity contribution is 0.346. The number of nitrogens with one attached hydrogen (secondary N) is 1. The fourth-order valence-electron chi connectivity index (χ4n) is 1.91. The van der Waals surface area contributed by atoms with Gasteiger partial charge in [-0.1, -0.05) is 31.2 Å². The van der Waals surface area contributed by atoms with Crippen LogP contribution in [0.15, 0.2) is 24.3 Å².